The van der Waals surface area contributed by atoms with Crippen molar-refractivity contribution >= 4 is 5.65 Å². The zero-order chi connectivity index (χ0) is 17.4. The van der Waals surface area contributed by atoms with Crippen molar-refractivity contribution < 1.29 is 5.11 Å². The summed E-state index contributed by atoms with van der Waals surface area (Å²) in [5.74, 6) is -0.145. The smallest absolute Gasteiger partial charge is 0.258 e. The topological polar surface area (TPSA) is 83.3 Å². The number of aromatic nitrogens is 4. The summed E-state index contributed by atoms with van der Waals surface area (Å²) < 4.78 is 1.37. The van der Waals surface area contributed by atoms with Crippen LogP contribution in [0.1, 0.15) is 16.8 Å². The number of fused-ring (bicyclic) bond motifs is 1. The molecule has 3 aromatic heterocycles. The van der Waals surface area contributed by atoms with E-state index < -0.39 is 0 Å². The molecule has 0 bridgehead atoms. The zero-order valence-corrected chi connectivity index (χ0v) is 13.6. The lowest BCUT2D eigenvalue weighted by atomic mass is 10.1. The van der Waals surface area contributed by atoms with E-state index in [0.717, 1.165) is 5.56 Å². The van der Waals surface area contributed by atoms with E-state index in [1.807, 2.05) is 55.5 Å². The molecule has 0 atom stereocenters. The standard InChI is InChI=1S/C19H16N4O2/c1-12-16(15-9-5-6-10-20-15)17-21-18(24)14(19(25)23(17)22-12)11-13-7-3-2-4-8-13/h2-10,25H,11H2,1H3,(H,21,24). The summed E-state index contributed by atoms with van der Waals surface area (Å²) in [6.45, 7) is 1.83. The second kappa shape index (κ2) is 5.90. The first kappa shape index (κ1) is 15.1. The van der Waals surface area contributed by atoms with Crippen molar-refractivity contribution in [3.63, 3.8) is 0 Å². The molecular weight excluding hydrogens is 316 g/mol. The van der Waals surface area contributed by atoms with Crippen molar-refractivity contribution in [3.05, 3.63) is 81.9 Å². The minimum atomic E-state index is -0.328. The van der Waals surface area contributed by atoms with Gasteiger partial charge in [0.1, 0.15) is 5.65 Å². The Hall–Kier alpha value is -3.41. The molecule has 0 spiro atoms. The lowest BCUT2D eigenvalue weighted by Crippen LogP contribution is -2.16. The Balaban J connectivity index is 1.91. The van der Waals surface area contributed by atoms with E-state index in [0.29, 0.717) is 29.0 Å². The molecule has 0 aliphatic carbocycles. The second-order valence-corrected chi connectivity index (χ2v) is 5.85. The molecule has 4 aromatic rings. The van der Waals surface area contributed by atoms with Gasteiger partial charge in [-0.1, -0.05) is 36.4 Å². The molecule has 0 saturated heterocycles. The lowest BCUT2D eigenvalue weighted by Gasteiger charge is -2.06. The molecule has 6 nitrogen and oxygen atoms in total. The number of rotatable bonds is 3. The Morgan fingerprint density at radius 2 is 1.88 bits per heavy atom. The Morgan fingerprint density at radius 1 is 1.12 bits per heavy atom. The van der Waals surface area contributed by atoms with Gasteiger partial charge in [0.15, 0.2) is 0 Å². The minimum Gasteiger partial charge on any atom is -0.493 e. The van der Waals surface area contributed by atoms with Crippen molar-refractivity contribution in [3.8, 4) is 17.1 Å². The van der Waals surface area contributed by atoms with Crippen LogP contribution in [0.5, 0.6) is 5.88 Å². The number of H-pyrrole nitrogens is 1. The number of hydrogen-bond acceptors (Lipinski definition) is 4. The fourth-order valence-corrected chi connectivity index (χ4v) is 2.98. The minimum absolute atomic E-state index is 0.145. The molecule has 4 rings (SSSR count). The van der Waals surface area contributed by atoms with Crippen LogP contribution in [0.25, 0.3) is 16.9 Å². The van der Waals surface area contributed by atoms with Gasteiger partial charge in [-0.2, -0.15) is 9.61 Å². The van der Waals surface area contributed by atoms with E-state index in [1.165, 1.54) is 4.52 Å². The van der Waals surface area contributed by atoms with Crippen molar-refractivity contribution in [2.24, 2.45) is 0 Å². The van der Waals surface area contributed by atoms with Gasteiger partial charge in [-0.3, -0.25) is 9.78 Å². The first-order valence-electron chi connectivity index (χ1n) is 7.94. The van der Waals surface area contributed by atoms with E-state index in [9.17, 15) is 9.90 Å². The second-order valence-electron chi connectivity index (χ2n) is 5.85. The highest BCUT2D eigenvalue weighted by Crippen LogP contribution is 2.28. The highest BCUT2D eigenvalue weighted by Gasteiger charge is 2.19. The molecule has 0 aliphatic heterocycles. The summed E-state index contributed by atoms with van der Waals surface area (Å²) in [5.41, 5.74) is 3.42. The zero-order valence-electron chi connectivity index (χ0n) is 13.6. The van der Waals surface area contributed by atoms with Crippen molar-refractivity contribution in [1.82, 2.24) is 19.6 Å². The molecule has 0 aliphatic rings. The van der Waals surface area contributed by atoms with Crippen LogP contribution >= 0.6 is 0 Å². The summed E-state index contributed by atoms with van der Waals surface area (Å²) in [5, 5.41) is 15.0. The van der Waals surface area contributed by atoms with Gasteiger partial charge in [-0.15, -0.1) is 0 Å². The summed E-state index contributed by atoms with van der Waals surface area (Å²) in [7, 11) is 0. The van der Waals surface area contributed by atoms with Crippen molar-refractivity contribution in [2.45, 2.75) is 13.3 Å². The molecule has 6 heteroatoms. The number of aromatic hydroxyl groups is 1. The average Bonchev–Trinajstić information content (AvgIpc) is 2.96. The van der Waals surface area contributed by atoms with E-state index in [4.69, 9.17) is 0 Å². The first-order valence-corrected chi connectivity index (χ1v) is 7.94. The van der Waals surface area contributed by atoms with Crippen LogP contribution < -0.4 is 5.56 Å². The summed E-state index contributed by atoms with van der Waals surface area (Å²) in [6, 6.07) is 15.1. The molecule has 2 N–H and O–H groups in total. The fourth-order valence-electron chi connectivity index (χ4n) is 2.98. The monoisotopic (exact) mass is 332 g/mol. The van der Waals surface area contributed by atoms with Crippen LogP contribution in [0.15, 0.2) is 59.5 Å². The number of pyridine rings is 1. The lowest BCUT2D eigenvalue weighted by molar-refractivity contribution is 0.427. The number of nitrogens with one attached hydrogen (secondary N) is 1. The van der Waals surface area contributed by atoms with E-state index in [1.54, 1.807) is 6.20 Å². The van der Waals surface area contributed by atoms with Crippen LogP contribution in [0, 0.1) is 6.92 Å². The van der Waals surface area contributed by atoms with Gasteiger partial charge in [0, 0.05) is 12.6 Å². The molecule has 0 fully saturated rings. The maximum absolute atomic E-state index is 12.6. The molecule has 25 heavy (non-hydrogen) atoms. The predicted molar refractivity (Wildman–Crippen MR) is 94.7 cm³/mol. The van der Waals surface area contributed by atoms with Crippen LogP contribution in [0.3, 0.4) is 0 Å². The molecule has 0 unspecified atom stereocenters. The largest absolute Gasteiger partial charge is 0.493 e. The Kier molecular flexibility index (Phi) is 3.57. The Bertz CT molecular complexity index is 1100. The van der Waals surface area contributed by atoms with Gasteiger partial charge in [0.05, 0.1) is 22.5 Å². The first-order chi connectivity index (χ1) is 12.1. The van der Waals surface area contributed by atoms with Crippen LogP contribution in [-0.4, -0.2) is 24.7 Å². The average molecular weight is 332 g/mol. The fraction of sp³-hybridized carbons (Fsp3) is 0.105. The third kappa shape index (κ3) is 2.57. The molecule has 0 saturated carbocycles. The highest BCUT2D eigenvalue weighted by atomic mass is 16.3. The Labute approximate surface area is 143 Å². The number of aryl methyl sites for hydroxylation is 1. The molecule has 1 aromatic carbocycles. The van der Waals surface area contributed by atoms with E-state index in [2.05, 4.69) is 15.1 Å². The molecule has 124 valence electrons. The van der Waals surface area contributed by atoms with Crippen LogP contribution in [0.4, 0.5) is 0 Å². The summed E-state index contributed by atoms with van der Waals surface area (Å²) >= 11 is 0. The van der Waals surface area contributed by atoms with Gasteiger partial charge in [-0.25, -0.2) is 0 Å². The number of benzene rings is 1. The van der Waals surface area contributed by atoms with Crippen LogP contribution in [0.2, 0.25) is 0 Å². The highest BCUT2D eigenvalue weighted by molar-refractivity contribution is 5.77. The van der Waals surface area contributed by atoms with Gasteiger partial charge in [0.25, 0.3) is 5.56 Å². The van der Waals surface area contributed by atoms with Gasteiger partial charge in [0.2, 0.25) is 5.88 Å². The van der Waals surface area contributed by atoms with Crippen molar-refractivity contribution in [2.75, 3.05) is 0 Å². The maximum atomic E-state index is 12.6. The predicted octanol–water partition coefficient (Wildman–Crippen LogP) is 2.69. The SMILES string of the molecule is Cc1nn2c(O)c(Cc3ccccc3)c(=O)[nH]c2c1-c1ccccn1. The van der Waals surface area contributed by atoms with E-state index >= 15 is 0 Å². The molecule has 0 amide bonds. The quantitative estimate of drug-likeness (QED) is 0.604. The Morgan fingerprint density at radius 3 is 2.60 bits per heavy atom. The van der Waals surface area contributed by atoms with E-state index in [-0.39, 0.29) is 17.0 Å². The molecule has 3 heterocycles. The third-order valence-electron chi connectivity index (χ3n) is 4.18. The number of nitrogens with zero attached hydrogens (tertiary/aromatic N) is 3. The normalized spacial score (nSPS) is 11.1. The number of aromatic amines is 1. The maximum Gasteiger partial charge on any atom is 0.258 e. The van der Waals surface area contributed by atoms with Crippen LogP contribution in [-0.2, 0) is 6.42 Å². The van der Waals surface area contributed by atoms with Gasteiger partial charge < -0.3 is 10.1 Å². The third-order valence-corrected chi connectivity index (χ3v) is 4.18. The number of hydrogen-bond donors (Lipinski definition) is 2. The summed E-state index contributed by atoms with van der Waals surface area (Å²) in [6.07, 6.45) is 2.01. The van der Waals surface area contributed by atoms with Crippen molar-refractivity contribution in [1.29, 1.82) is 0 Å². The molecular formula is C19H16N4O2. The van der Waals surface area contributed by atoms with Gasteiger partial charge >= 0.3 is 0 Å². The summed E-state index contributed by atoms with van der Waals surface area (Å²) in [4.78, 5) is 19.8. The molecule has 0 radical (unpaired) electrons. The van der Waals surface area contributed by atoms with Gasteiger partial charge in [-0.05, 0) is 24.6 Å².